The van der Waals surface area contributed by atoms with E-state index in [4.69, 9.17) is 18.9 Å². The SMILES string of the molecule is COc1cccc(CCc2ccccc2OCC2CN(C(=O)OC(C)(C)C)CCO2)c1. The van der Waals surface area contributed by atoms with E-state index in [9.17, 15) is 4.79 Å². The number of carbonyl (C=O) groups excluding carboxylic acids is 1. The number of carbonyl (C=O) groups is 1. The van der Waals surface area contributed by atoms with E-state index in [2.05, 4.69) is 18.2 Å². The summed E-state index contributed by atoms with van der Waals surface area (Å²) in [6.45, 7) is 7.46. The van der Waals surface area contributed by atoms with Gasteiger partial charge in [0.2, 0.25) is 0 Å². The molecule has 1 atom stereocenters. The first-order valence-corrected chi connectivity index (χ1v) is 10.8. The van der Waals surface area contributed by atoms with Crippen molar-refractivity contribution in [3.05, 3.63) is 59.7 Å². The van der Waals surface area contributed by atoms with Gasteiger partial charge in [0, 0.05) is 6.54 Å². The molecule has 1 amide bonds. The zero-order valence-electron chi connectivity index (χ0n) is 18.9. The first kappa shape index (κ1) is 22.9. The van der Waals surface area contributed by atoms with Gasteiger partial charge in [0.1, 0.15) is 29.8 Å². The van der Waals surface area contributed by atoms with Crippen molar-refractivity contribution in [3.8, 4) is 11.5 Å². The third-order valence-electron chi connectivity index (χ3n) is 5.00. The zero-order chi connectivity index (χ0) is 22.3. The van der Waals surface area contributed by atoms with Crippen LogP contribution in [-0.2, 0) is 22.3 Å². The van der Waals surface area contributed by atoms with Crippen molar-refractivity contribution in [1.29, 1.82) is 0 Å². The second-order valence-electron chi connectivity index (χ2n) is 8.69. The van der Waals surface area contributed by atoms with Gasteiger partial charge in [0.25, 0.3) is 0 Å². The van der Waals surface area contributed by atoms with Gasteiger partial charge < -0.3 is 23.8 Å². The summed E-state index contributed by atoms with van der Waals surface area (Å²) in [6.07, 6.45) is 1.26. The van der Waals surface area contributed by atoms with Gasteiger partial charge in [-0.05, 0) is 62.9 Å². The normalized spacial score (nSPS) is 16.6. The summed E-state index contributed by atoms with van der Waals surface area (Å²) in [6, 6.07) is 16.2. The standard InChI is InChI=1S/C25H33NO5/c1-25(2,3)31-24(27)26-14-15-29-22(17-26)18-30-23-11-6-5-9-20(23)13-12-19-8-7-10-21(16-19)28-4/h5-11,16,22H,12-15,17-18H2,1-4H3. The Morgan fingerprint density at radius 2 is 1.94 bits per heavy atom. The molecule has 2 aromatic rings. The van der Waals surface area contributed by atoms with Gasteiger partial charge in [0.15, 0.2) is 0 Å². The molecule has 2 aromatic carbocycles. The quantitative estimate of drug-likeness (QED) is 0.651. The number of nitrogens with zero attached hydrogens (tertiary/aromatic N) is 1. The molecular weight excluding hydrogens is 394 g/mol. The monoisotopic (exact) mass is 427 g/mol. The molecule has 0 saturated carbocycles. The lowest BCUT2D eigenvalue weighted by atomic mass is 10.0. The van der Waals surface area contributed by atoms with Crippen molar-refractivity contribution >= 4 is 6.09 Å². The Morgan fingerprint density at radius 1 is 1.13 bits per heavy atom. The maximum atomic E-state index is 12.4. The first-order valence-electron chi connectivity index (χ1n) is 10.8. The molecule has 3 rings (SSSR count). The molecule has 1 heterocycles. The van der Waals surface area contributed by atoms with Crippen molar-refractivity contribution in [3.63, 3.8) is 0 Å². The lowest BCUT2D eigenvalue weighted by Gasteiger charge is -2.34. The van der Waals surface area contributed by atoms with E-state index in [1.807, 2.05) is 51.1 Å². The molecule has 0 spiro atoms. The second kappa shape index (κ2) is 10.5. The third-order valence-corrected chi connectivity index (χ3v) is 5.00. The molecule has 0 aliphatic carbocycles. The fourth-order valence-electron chi connectivity index (χ4n) is 3.45. The molecular formula is C25H33NO5. The van der Waals surface area contributed by atoms with Crippen LogP contribution >= 0.6 is 0 Å². The average Bonchev–Trinajstić information content (AvgIpc) is 2.76. The number of para-hydroxylation sites is 1. The third kappa shape index (κ3) is 7.17. The Morgan fingerprint density at radius 3 is 2.71 bits per heavy atom. The molecule has 0 N–H and O–H groups in total. The Kier molecular flexibility index (Phi) is 7.80. The van der Waals surface area contributed by atoms with Crippen molar-refractivity contribution in [2.24, 2.45) is 0 Å². The van der Waals surface area contributed by atoms with Crippen LogP contribution < -0.4 is 9.47 Å². The molecule has 31 heavy (non-hydrogen) atoms. The molecule has 1 aliphatic rings. The van der Waals surface area contributed by atoms with E-state index >= 15 is 0 Å². The van der Waals surface area contributed by atoms with E-state index in [-0.39, 0.29) is 12.2 Å². The van der Waals surface area contributed by atoms with E-state index in [1.165, 1.54) is 5.56 Å². The minimum atomic E-state index is -0.511. The maximum absolute atomic E-state index is 12.4. The Bertz CT molecular complexity index is 861. The van der Waals surface area contributed by atoms with Gasteiger partial charge in [-0.25, -0.2) is 4.79 Å². The molecule has 0 radical (unpaired) electrons. The van der Waals surface area contributed by atoms with Crippen LogP contribution in [0.25, 0.3) is 0 Å². The van der Waals surface area contributed by atoms with Gasteiger partial charge in [-0.2, -0.15) is 0 Å². The number of hydrogen-bond acceptors (Lipinski definition) is 5. The first-order chi connectivity index (χ1) is 14.8. The molecule has 1 saturated heterocycles. The molecule has 1 aliphatic heterocycles. The molecule has 0 aromatic heterocycles. The van der Waals surface area contributed by atoms with Crippen molar-refractivity contribution in [1.82, 2.24) is 4.90 Å². The van der Waals surface area contributed by atoms with Crippen LogP contribution in [0, 0.1) is 0 Å². The Balaban J connectivity index is 1.55. The molecule has 6 nitrogen and oxygen atoms in total. The van der Waals surface area contributed by atoms with E-state index in [0.29, 0.717) is 26.3 Å². The van der Waals surface area contributed by atoms with E-state index < -0.39 is 5.60 Å². The van der Waals surface area contributed by atoms with Crippen molar-refractivity contribution in [2.75, 3.05) is 33.4 Å². The summed E-state index contributed by atoms with van der Waals surface area (Å²) >= 11 is 0. The van der Waals surface area contributed by atoms with Gasteiger partial charge >= 0.3 is 6.09 Å². The summed E-state index contributed by atoms with van der Waals surface area (Å²) in [7, 11) is 1.68. The van der Waals surface area contributed by atoms with Gasteiger partial charge in [-0.3, -0.25) is 0 Å². The molecule has 6 heteroatoms. The molecule has 0 bridgehead atoms. The number of aryl methyl sites for hydroxylation is 2. The lowest BCUT2D eigenvalue weighted by Crippen LogP contribution is -2.49. The fraction of sp³-hybridized carbons (Fsp3) is 0.480. The smallest absolute Gasteiger partial charge is 0.410 e. The number of hydrogen-bond donors (Lipinski definition) is 0. The van der Waals surface area contributed by atoms with Gasteiger partial charge in [0.05, 0.1) is 20.3 Å². The fourth-order valence-corrected chi connectivity index (χ4v) is 3.45. The maximum Gasteiger partial charge on any atom is 0.410 e. The van der Waals surface area contributed by atoms with Crippen LogP contribution in [0.4, 0.5) is 4.79 Å². The highest BCUT2D eigenvalue weighted by atomic mass is 16.6. The predicted molar refractivity (Wildman–Crippen MR) is 120 cm³/mol. The summed E-state index contributed by atoms with van der Waals surface area (Å²) < 4.78 is 22.7. The number of benzene rings is 2. The van der Waals surface area contributed by atoms with Crippen LogP contribution in [0.5, 0.6) is 11.5 Å². The predicted octanol–water partition coefficient (Wildman–Crippen LogP) is 4.50. The summed E-state index contributed by atoms with van der Waals surface area (Å²) in [5, 5.41) is 0. The number of methoxy groups -OCH3 is 1. The molecule has 1 fully saturated rings. The van der Waals surface area contributed by atoms with Gasteiger partial charge in [-0.15, -0.1) is 0 Å². The highest BCUT2D eigenvalue weighted by molar-refractivity contribution is 5.68. The largest absolute Gasteiger partial charge is 0.497 e. The second-order valence-corrected chi connectivity index (χ2v) is 8.69. The van der Waals surface area contributed by atoms with Crippen LogP contribution in [0.1, 0.15) is 31.9 Å². The molecule has 168 valence electrons. The van der Waals surface area contributed by atoms with Crippen molar-refractivity contribution in [2.45, 2.75) is 45.3 Å². The Labute approximate surface area is 185 Å². The summed E-state index contributed by atoms with van der Waals surface area (Å²) in [4.78, 5) is 14.0. The van der Waals surface area contributed by atoms with Crippen molar-refractivity contribution < 1.29 is 23.7 Å². The number of rotatable bonds is 7. The Hall–Kier alpha value is -2.73. The average molecular weight is 428 g/mol. The molecule has 1 unspecified atom stereocenters. The summed E-state index contributed by atoms with van der Waals surface area (Å²) in [5.41, 5.74) is 1.85. The summed E-state index contributed by atoms with van der Waals surface area (Å²) in [5.74, 6) is 1.72. The zero-order valence-corrected chi connectivity index (χ0v) is 18.9. The van der Waals surface area contributed by atoms with Crippen LogP contribution in [0.3, 0.4) is 0 Å². The van der Waals surface area contributed by atoms with Crippen LogP contribution in [-0.4, -0.2) is 56.1 Å². The number of morpholine rings is 1. The topological polar surface area (TPSA) is 57.2 Å². The minimum Gasteiger partial charge on any atom is -0.497 e. The highest BCUT2D eigenvalue weighted by Crippen LogP contribution is 2.22. The van der Waals surface area contributed by atoms with Crippen LogP contribution in [0.15, 0.2) is 48.5 Å². The number of ether oxygens (including phenoxy) is 4. The van der Waals surface area contributed by atoms with Crippen LogP contribution in [0.2, 0.25) is 0 Å². The number of amides is 1. The highest BCUT2D eigenvalue weighted by Gasteiger charge is 2.28. The minimum absolute atomic E-state index is 0.187. The van der Waals surface area contributed by atoms with E-state index in [0.717, 1.165) is 29.9 Å². The lowest BCUT2D eigenvalue weighted by molar-refractivity contribution is -0.0558. The van der Waals surface area contributed by atoms with Gasteiger partial charge in [-0.1, -0.05) is 30.3 Å². The van der Waals surface area contributed by atoms with E-state index in [1.54, 1.807) is 12.0 Å².